The third-order valence-corrected chi connectivity index (χ3v) is 5.85. The topological polar surface area (TPSA) is 84.9 Å². The van der Waals surface area contributed by atoms with Gasteiger partial charge in [-0.1, -0.05) is 0 Å². The smallest absolute Gasteiger partial charge is 0.275 e. The van der Waals surface area contributed by atoms with E-state index in [4.69, 9.17) is 5.73 Å². The first-order valence-corrected chi connectivity index (χ1v) is 8.26. The summed E-state index contributed by atoms with van der Waals surface area (Å²) in [6.07, 6.45) is 0. The molecule has 0 aliphatic carbocycles. The zero-order chi connectivity index (χ0) is 16.5. The number of carbonyl (C=O) groups is 1. The Morgan fingerprint density at radius 1 is 1.32 bits per heavy atom. The van der Waals surface area contributed by atoms with Crippen LogP contribution in [0.25, 0.3) is 0 Å². The molecule has 1 aromatic rings. The summed E-state index contributed by atoms with van der Waals surface area (Å²) in [6.45, 7) is 2.76. The maximum atomic E-state index is 13.7. The fourth-order valence-corrected chi connectivity index (χ4v) is 3.96. The summed E-state index contributed by atoms with van der Waals surface area (Å²) in [5.74, 6) is -2.39. The van der Waals surface area contributed by atoms with Crippen LogP contribution < -0.4 is 10.6 Å². The van der Waals surface area contributed by atoms with Crippen LogP contribution in [0, 0.1) is 11.6 Å². The largest absolute Gasteiger partial charge is 0.365 e. The van der Waals surface area contributed by atoms with E-state index in [0.717, 1.165) is 21.3 Å². The predicted octanol–water partition coefficient (Wildman–Crippen LogP) is -1.27. The fraction of sp³-hybridized carbons (Fsp3) is 0.462. The Labute approximate surface area is 127 Å². The van der Waals surface area contributed by atoms with Crippen molar-refractivity contribution < 1.29 is 26.9 Å². The van der Waals surface area contributed by atoms with Gasteiger partial charge in [0.15, 0.2) is 6.04 Å². The molecule has 0 saturated carbocycles. The summed E-state index contributed by atoms with van der Waals surface area (Å²) < 4.78 is 52.5. The van der Waals surface area contributed by atoms with Gasteiger partial charge >= 0.3 is 0 Å². The molecule has 1 aliphatic rings. The van der Waals surface area contributed by atoms with Crippen molar-refractivity contribution in [1.82, 2.24) is 4.31 Å². The Morgan fingerprint density at radius 3 is 2.41 bits per heavy atom. The molecule has 1 aliphatic heterocycles. The van der Waals surface area contributed by atoms with Crippen LogP contribution in [0.1, 0.15) is 6.92 Å². The van der Waals surface area contributed by atoms with Gasteiger partial charge in [-0.05, 0) is 19.1 Å². The van der Waals surface area contributed by atoms with E-state index in [0.29, 0.717) is 19.2 Å². The first-order valence-electron chi connectivity index (χ1n) is 6.82. The van der Waals surface area contributed by atoms with E-state index in [1.54, 1.807) is 6.92 Å². The predicted molar refractivity (Wildman–Crippen MR) is 74.5 cm³/mol. The molecule has 1 saturated heterocycles. The van der Waals surface area contributed by atoms with E-state index in [2.05, 4.69) is 0 Å². The zero-order valence-corrected chi connectivity index (χ0v) is 12.9. The van der Waals surface area contributed by atoms with Crippen molar-refractivity contribution in [3.8, 4) is 0 Å². The van der Waals surface area contributed by atoms with E-state index in [1.807, 2.05) is 0 Å². The number of amides is 1. The fourth-order valence-electron chi connectivity index (χ4n) is 2.47. The quantitative estimate of drug-likeness (QED) is 0.720. The highest BCUT2D eigenvalue weighted by atomic mass is 32.2. The molecule has 1 fully saturated rings. The Kier molecular flexibility index (Phi) is 4.78. The number of piperazine rings is 1. The van der Waals surface area contributed by atoms with Crippen molar-refractivity contribution >= 4 is 15.9 Å². The number of nitrogens with one attached hydrogen (secondary N) is 1. The van der Waals surface area contributed by atoms with Crippen LogP contribution in [0.2, 0.25) is 0 Å². The minimum absolute atomic E-state index is 0.145. The lowest BCUT2D eigenvalue weighted by molar-refractivity contribution is -0.917. The van der Waals surface area contributed by atoms with Gasteiger partial charge in [-0.25, -0.2) is 17.2 Å². The van der Waals surface area contributed by atoms with Crippen LogP contribution in [0.4, 0.5) is 8.78 Å². The van der Waals surface area contributed by atoms with Gasteiger partial charge in [0.25, 0.3) is 5.91 Å². The second kappa shape index (κ2) is 6.27. The molecule has 6 nitrogen and oxygen atoms in total. The molecule has 0 radical (unpaired) electrons. The van der Waals surface area contributed by atoms with Gasteiger partial charge in [0, 0.05) is 6.07 Å². The second-order valence-electron chi connectivity index (χ2n) is 5.26. The molecule has 1 atom stereocenters. The number of hydrogen-bond donors (Lipinski definition) is 2. The van der Waals surface area contributed by atoms with E-state index in [-0.39, 0.29) is 13.1 Å². The van der Waals surface area contributed by atoms with E-state index >= 15 is 0 Å². The molecule has 1 aromatic carbocycles. The number of benzene rings is 1. The maximum Gasteiger partial charge on any atom is 0.275 e. The van der Waals surface area contributed by atoms with Crippen molar-refractivity contribution in [1.29, 1.82) is 0 Å². The number of quaternary nitrogens is 1. The van der Waals surface area contributed by atoms with Crippen LogP contribution in [0.5, 0.6) is 0 Å². The van der Waals surface area contributed by atoms with Gasteiger partial charge in [-0.2, -0.15) is 4.31 Å². The van der Waals surface area contributed by atoms with Crippen LogP contribution in [0.3, 0.4) is 0 Å². The van der Waals surface area contributed by atoms with Crippen molar-refractivity contribution in [2.45, 2.75) is 17.9 Å². The lowest BCUT2D eigenvalue weighted by Gasteiger charge is -2.33. The van der Waals surface area contributed by atoms with Gasteiger partial charge in [0.1, 0.15) is 16.5 Å². The third-order valence-electron chi connectivity index (χ3n) is 3.92. The number of hydrogen-bond acceptors (Lipinski definition) is 3. The molecule has 22 heavy (non-hydrogen) atoms. The van der Waals surface area contributed by atoms with Crippen LogP contribution in [0.15, 0.2) is 23.1 Å². The molecule has 0 bridgehead atoms. The summed E-state index contributed by atoms with van der Waals surface area (Å²) in [7, 11) is -4.02. The molecule has 0 aromatic heterocycles. The van der Waals surface area contributed by atoms with Crippen LogP contribution in [-0.2, 0) is 14.8 Å². The molecular weight excluding hydrogens is 316 g/mol. The monoisotopic (exact) mass is 334 g/mol. The Morgan fingerprint density at radius 2 is 1.91 bits per heavy atom. The van der Waals surface area contributed by atoms with Gasteiger partial charge in [-0.15, -0.1) is 0 Å². The first-order chi connectivity index (χ1) is 10.2. The summed E-state index contributed by atoms with van der Waals surface area (Å²) in [5, 5.41) is 0. The number of primary amides is 1. The zero-order valence-electron chi connectivity index (χ0n) is 12.1. The lowest BCUT2D eigenvalue weighted by atomic mass is 10.2. The summed E-state index contributed by atoms with van der Waals surface area (Å²) >= 11 is 0. The molecule has 1 amide bonds. The molecule has 0 unspecified atom stereocenters. The summed E-state index contributed by atoms with van der Waals surface area (Å²) in [6, 6.07) is 1.97. The average Bonchev–Trinajstić information content (AvgIpc) is 2.46. The standard InChI is InChI=1S/C13H17F2N3O3S/c1-9(13(16)19)17-4-6-18(7-5-17)22(20,21)12-3-2-10(14)8-11(12)15/h2-3,8-9H,4-7H2,1H3,(H2,16,19)/p+1/t9-/m1/s1. The van der Waals surface area contributed by atoms with Gasteiger partial charge < -0.3 is 10.6 Å². The minimum atomic E-state index is -4.02. The Hall–Kier alpha value is -1.58. The number of sulfonamides is 1. The lowest BCUT2D eigenvalue weighted by Crippen LogP contribution is -3.19. The van der Waals surface area contributed by atoms with Crippen LogP contribution in [-0.4, -0.2) is 50.9 Å². The van der Waals surface area contributed by atoms with Crippen molar-refractivity contribution in [2.24, 2.45) is 5.73 Å². The molecule has 9 heteroatoms. The molecule has 0 spiro atoms. The molecule has 1 heterocycles. The van der Waals surface area contributed by atoms with Crippen LogP contribution >= 0.6 is 0 Å². The maximum absolute atomic E-state index is 13.7. The highest BCUT2D eigenvalue weighted by molar-refractivity contribution is 7.89. The van der Waals surface area contributed by atoms with Crippen molar-refractivity contribution in [3.63, 3.8) is 0 Å². The van der Waals surface area contributed by atoms with Gasteiger partial charge in [0.2, 0.25) is 10.0 Å². The first kappa shape index (κ1) is 16.8. The van der Waals surface area contributed by atoms with E-state index < -0.39 is 38.5 Å². The second-order valence-corrected chi connectivity index (χ2v) is 7.17. The van der Waals surface area contributed by atoms with E-state index in [9.17, 15) is 22.0 Å². The summed E-state index contributed by atoms with van der Waals surface area (Å²) in [4.78, 5) is 11.5. The number of nitrogens with zero attached hydrogens (tertiary/aromatic N) is 1. The molecule has 3 N–H and O–H groups in total. The molecule has 2 rings (SSSR count). The number of halogens is 2. The van der Waals surface area contributed by atoms with Gasteiger partial charge in [-0.3, -0.25) is 4.79 Å². The molecular formula is C13H18F2N3O3S+. The number of carbonyl (C=O) groups excluding carboxylic acids is 1. The minimum Gasteiger partial charge on any atom is -0.365 e. The summed E-state index contributed by atoms with van der Waals surface area (Å²) in [5.41, 5.74) is 5.24. The van der Waals surface area contributed by atoms with Crippen molar-refractivity contribution in [3.05, 3.63) is 29.8 Å². The van der Waals surface area contributed by atoms with Crippen molar-refractivity contribution in [2.75, 3.05) is 26.2 Å². The Balaban J connectivity index is 2.14. The SMILES string of the molecule is C[C@H](C(N)=O)[NH+]1CCN(S(=O)(=O)c2ccc(F)cc2F)CC1. The molecule has 122 valence electrons. The normalized spacial score (nSPS) is 19.0. The number of nitrogens with two attached hydrogens (primary N) is 1. The third kappa shape index (κ3) is 3.26. The Bertz CT molecular complexity index is 673. The average molecular weight is 334 g/mol. The highest BCUT2D eigenvalue weighted by Gasteiger charge is 2.34. The number of rotatable bonds is 4. The van der Waals surface area contributed by atoms with Gasteiger partial charge in [0.05, 0.1) is 26.2 Å². The van der Waals surface area contributed by atoms with E-state index in [1.165, 1.54) is 0 Å². The highest BCUT2D eigenvalue weighted by Crippen LogP contribution is 2.20.